The van der Waals surface area contributed by atoms with Gasteiger partial charge < -0.3 is 20.1 Å². The molecular formula is C34H41BrN4O2. The lowest BCUT2D eigenvalue weighted by atomic mass is 9.82. The van der Waals surface area contributed by atoms with Crippen LogP contribution in [-0.2, 0) is 16.8 Å². The molecule has 0 radical (unpaired) electrons. The van der Waals surface area contributed by atoms with Gasteiger partial charge >= 0.3 is 0 Å². The van der Waals surface area contributed by atoms with Crippen molar-refractivity contribution in [1.29, 1.82) is 0 Å². The molecule has 5 rings (SSSR count). The lowest BCUT2D eigenvalue weighted by Gasteiger charge is -2.32. The van der Waals surface area contributed by atoms with Crippen LogP contribution in [0.5, 0.6) is 0 Å². The van der Waals surface area contributed by atoms with Gasteiger partial charge in [0.05, 0.1) is 18.7 Å². The Morgan fingerprint density at radius 2 is 1.71 bits per heavy atom. The zero-order valence-electron chi connectivity index (χ0n) is 24.2. The molecule has 0 amide bonds. The van der Waals surface area contributed by atoms with Gasteiger partial charge in [-0.25, -0.2) is 4.98 Å². The number of ether oxygens (including phenoxy) is 1. The van der Waals surface area contributed by atoms with E-state index in [1.54, 1.807) is 0 Å². The predicted octanol–water partition coefficient (Wildman–Crippen LogP) is 5.91. The molecule has 1 fully saturated rings. The number of halogens is 1. The van der Waals surface area contributed by atoms with E-state index in [0.717, 1.165) is 96.7 Å². The fourth-order valence-corrected chi connectivity index (χ4v) is 6.06. The van der Waals surface area contributed by atoms with Crippen LogP contribution in [0.15, 0.2) is 83.3 Å². The van der Waals surface area contributed by atoms with Crippen molar-refractivity contribution in [3.05, 3.63) is 106 Å². The molecule has 0 bridgehead atoms. The Morgan fingerprint density at radius 3 is 2.41 bits per heavy atom. The summed E-state index contributed by atoms with van der Waals surface area (Å²) in [4.78, 5) is 9.85. The van der Waals surface area contributed by atoms with E-state index in [9.17, 15) is 5.11 Å². The molecule has 0 saturated carbocycles. The number of benzene rings is 3. The van der Waals surface area contributed by atoms with Gasteiger partial charge in [0, 0.05) is 48.0 Å². The van der Waals surface area contributed by atoms with E-state index in [1.165, 1.54) is 5.56 Å². The lowest BCUT2D eigenvalue weighted by Crippen LogP contribution is -2.37. The standard InChI is InChI=1S/C34H41BrN4O2/c1-38(2)17-14-34(40,29-12-7-4-8-13-29)31-25-30(35)24-27-23-28(22-26-10-5-3-6-11-26)33(37-32(27)31)36-15-9-16-39-18-20-41-21-19-39/h3-8,10-13,23-25,40H,9,14-22H2,1-2H3,(H,36,37). The van der Waals surface area contributed by atoms with Crippen molar-refractivity contribution in [2.75, 3.05) is 65.3 Å². The van der Waals surface area contributed by atoms with Crippen LogP contribution in [0.25, 0.3) is 10.9 Å². The van der Waals surface area contributed by atoms with Crippen LogP contribution >= 0.6 is 15.9 Å². The minimum Gasteiger partial charge on any atom is -0.380 e. The van der Waals surface area contributed by atoms with E-state index in [0.29, 0.717) is 6.42 Å². The van der Waals surface area contributed by atoms with Crippen molar-refractivity contribution >= 4 is 32.7 Å². The van der Waals surface area contributed by atoms with Gasteiger partial charge in [0.2, 0.25) is 0 Å². The summed E-state index contributed by atoms with van der Waals surface area (Å²) in [6.45, 7) is 6.22. The van der Waals surface area contributed by atoms with E-state index in [1.807, 2.05) is 50.5 Å². The number of anilines is 1. The zero-order valence-corrected chi connectivity index (χ0v) is 25.7. The molecule has 41 heavy (non-hydrogen) atoms. The van der Waals surface area contributed by atoms with Crippen LogP contribution in [0.1, 0.15) is 35.1 Å². The fraction of sp³-hybridized carbons (Fsp3) is 0.382. The van der Waals surface area contributed by atoms with E-state index >= 15 is 0 Å². The van der Waals surface area contributed by atoms with Crippen molar-refractivity contribution in [2.24, 2.45) is 0 Å². The van der Waals surface area contributed by atoms with Crippen molar-refractivity contribution < 1.29 is 9.84 Å². The first kappa shape index (κ1) is 29.7. The third kappa shape index (κ3) is 7.53. The van der Waals surface area contributed by atoms with Crippen LogP contribution < -0.4 is 5.32 Å². The van der Waals surface area contributed by atoms with Crippen LogP contribution in [0.4, 0.5) is 5.82 Å². The molecule has 2 N–H and O–H groups in total. The first-order valence-corrected chi connectivity index (χ1v) is 15.4. The minimum atomic E-state index is -1.20. The number of aliphatic hydroxyl groups is 1. The van der Waals surface area contributed by atoms with Gasteiger partial charge in [-0.3, -0.25) is 4.90 Å². The number of hydrogen-bond acceptors (Lipinski definition) is 6. The molecule has 1 unspecified atom stereocenters. The maximum atomic E-state index is 12.5. The van der Waals surface area contributed by atoms with Gasteiger partial charge in [0.25, 0.3) is 0 Å². The molecule has 7 heteroatoms. The average molecular weight is 618 g/mol. The molecule has 1 aliphatic heterocycles. The van der Waals surface area contributed by atoms with Crippen molar-refractivity contribution in [1.82, 2.24) is 14.8 Å². The highest BCUT2D eigenvalue weighted by atomic mass is 79.9. The number of rotatable bonds is 12. The second-order valence-electron chi connectivity index (χ2n) is 11.2. The number of nitrogens with one attached hydrogen (secondary N) is 1. The van der Waals surface area contributed by atoms with Crippen molar-refractivity contribution in [3.8, 4) is 0 Å². The summed E-state index contributed by atoms with van der Waals surface area (Å²) in [5.74, 6) is 0.884. The normalized spacial score (nSPS) is 15.7. The van der Waals surface area contributed by atoms with Gasteiger partial charge in [-0.2, -0.15) is 0 Å². The molecule has 2 heterocycles. The number of pyridine rings is 1. The maximum Gasteiger partial charge on any atom is 0.130 e. The first-order valence-electron chi connectivity index (χ1n) is 14.6. The average Bonchev–Trinajstić information content (AvgIpc) is 2.99. The Balaban J connectivity index is 1.54. The molecule has 1 saturated heterocycles. The molecule has 0 aliphatic carbocycles. The number of hydrogen-bond donors (Lipinski definition) is 2. The van der Waals surface area contributed by atoms with Crippen LogP contribution in [0.3, 0.4) is 0 Å². The van der Waals surface area contributed by atoms with E-state index in [4.69, 9.17) is 9.72 Å². The lowest BCUT2D eigenvalue weighted by molar-refractivity contribution is 0.0378. The second kappa shape index (κ2) is 13.9. The molecule has 1 aliphatic rings. The van der Waals surface area contributed by atoms with Crippen LogP contribution in [-0.4, -0.2) is 79.9 Å². The molecule has 3 aromatic carbocycles. The number of nitrogens with zero attached hydrogens (tertiary/aromatic N) is 3. The smallest absolute Gasteiger partial charge is 0.130 e. The topological polar surface area (TPSA) is 60.9 Å². The fourth-order valence-electron chi connectivity index (χ4n) is 5.58. The Labute approximate surface area is 252 Å². The summed E-state index contributed by atoms with van der Waals surface area (Å²) in [5, 5.41) is 17.1. The third-order valence-corrected chi connectivity index (χ3v) is 8.32. The van der Waals surface area contributed by atoms with Crippen LogP contribution in [0, 0.1) is 0 Å². The molecule has 1 atom stereocenters. The Morgan fingerprint density at radius 1 is 1.00 bits per heavy atom. The molecule has 1 aromatic heterocycles. The number of morpholine rings is 1. The zero-order chi connectivity index (χ0) is 28.7. The van der Waals surface area contributed by atoms with Gasteiger partial charge in [0.15, 0.2) is 0 Å². The maximum absolute atomic E-state index is 12.5. The highest BCUT2D eigenvalue weighted by molar-refractivity contribution is 9.10. The molecule has 4 aromatic rings. The minimum absolute atomic E-state index is 0.547. The van der Waals surface area contributed by atoms with Gasteiger partial charge in [-0.15, -0.1) is 0 Å². The molecule has 216 valence electrons. The monoisotopic (exact) mass is 616 g/mol. The molecule has 0 spiro atoms. The number of aromatic nitrogens is 1. The summed E-state index contributed by atoms with van der Waals surface area (Å²) < 4.78 is 6.43. The summed E-state index contributed by atoms with van der Waals surface area (Å²) in [6.07, 6.45) is 2.35. The number of fused-ring (bicyclic) bond motifs is 1. The highest BCUT2D eigenvalue weighted by Gasteiger charge is 2.34. The summed E-state index contributed by atoms with van der Waals surface area (Å²) in [5.41, 5.74) is 3.71. The van der Waals surface area contributed by atoms with Gasteiger partial charge in [-0.05, 0) is 68.4 Å². The SMILES string of the molecule is CN(C)CCC(O)(c1ccccc1)c1cc(Br)cc2cc(Cc3ccccc3)c(NCCCN3CCOCC3)nc12. The quantitative estimate of drug-likeness (QED) is 0.193. The first-order chi connectivity index (χ1) is 19.9. The van der Waals surface area contributed by atoms with Crippen molar-refractivity contribution in [2.45, 2.75) is 24.9 Å². The Kier molecular flexibility index (Phi) is 10.1. The Bertz CT molecular complexity index is 1410. The van der Waals surface area contributed by atoms with E-state index in [-0.39, 0.29) is 0 Å². The summed E-state index contributed by atoms with van der Waals surface area (Å²) >= 11 is 3.75. The van der Waals surface area contributed by atoms with E-state index in [2.05, 4.69) is 73.5 Å². The van der Waals surface area contributed by atoms with E-state index < -0.39 is 5.60 Å². The van der Waals surface area contributed by atoms with Crippen molar-refractivity contribution in [3.63, 3.8) is 0 Å². The van der Waals surface area contributed by atoms with Gasteiger partial charge in [0.1, 0.15) is 11.4 Å². The Hall–Kier alpha value is -2.81. The largest absolute Gasteiger partial charge is 0.380 e. The molecular weight excluding hydrogens is 576 g/mol. The molecule has 6 nitrogen and oxygen atoms in total. The summed E-state index contributed by atoms with van der Waals surface area (Å²) in [6, 6.07) is 26.9. The van der Waals surface area contributed by atoms with Gasteiger partial charge in [-0.1, -0.05) is 76.6 Å². The predicted molar refractivity (Wildman–Crippen MR) is 172 cm³/mol. The highest BCUT2D eigenvalue weighted by Crippen LogP contribution is 2.39. The van der Waals surface area contributed by atoms with Crippen LogP contribution in [0.2, 0.25) is 0 Å². The second-order valence-corrected chi connectivity index (χ2v) is 12.1. The summed E-state index contributed by atoms with van der Waals surface area (Å²) in [7, 11) is 4.08. The third-order valence-electron chi connectivity index (χ3n) is 7.86.